The number of para-hydroxylation sites is 2. The Morgan fingerprint density at radius 2 is 0.892 bits per heavy atom. The molecule has 74 heavy (non-hydrogen) atoms. The van der Waals surface area contributed by atoms with Crippen molar-refractivity contribution in [1.82, 2.24) is 9.80 Å². The smallest absolute Gasteiger partial charge is 0.261 e. The molecule has 0 N–H and O–H groups in total. The Labute approximate surface area is 443 Å². The Balaban J connectivity index is 0.00000242. The van der Waals surface area contributed by atoms with Crippen molar-refractivity contribution in [3.8, 4) is 0 Å². The van der Waals surface area contributed by atoms with Crippen LogP contribution in [0.5, 0.6) is 0 Å². The summed E-state index contributed by atoms with van der Waals surface area (Å²) in [4.78, 5) is 63.4. The molecule has 4 bridgehead atoms. The van der Waals surface area contributed by atoms with Crippen LogP contribution < -0.4 is 34.6 Å². The van der Waals surface area contributed by atoms with E-state index in [9.17, 15) is 19.2 Å². The van der Waals surface area contributed by atoms with Crippen molar-refractivity contribution in [2.24, 2.45) is 23.7 Å². The van der Waals surface area contributed by atoms with Gasteiger partial charge in [-0.1, -0.05) is 72.8 Å². The first-order valence-electron chi connectivity index (χ1n) is 27.3. The first-order valence-corrected chi connectivity index (χ1v) is 27.3. The number of rotatable bonds is 8. The summed E-state index contributed by atoms with van der Waals surface area (Å²) in [6.45, 7) is 8.02. The molecule has 17 rings (SSSR count). The molecule has 0 aromatic heterocycles. The number of anilines is 2. The minimum absolute atomic E-state index is 0. The SMILES string of the molecule is O=C1c2ccccc2C(=O)N1CCC[N+]12CCC34c5ccccc5N5[C@@H]6OCC=C7C[N+]8(CCCN9C(=O)c%10ccccc%10C9=O)CCC9%10c%11ccccc%11N([C@@H]%11OCC=C(C1)[C@H](C[C@@H]32)[C@@H]%11[C@H]54)[C@H]9[C@H]6[C@H]7C[C@@H]%108.[Cl-].[Cl-]. The molecular weight excluding hydrogens is 972 g/mol. The summed E-state index contributed by atoms with van der Waals surface area (Å²) in [5.41, 5.74) is 10.7. The zero-order valence-corrected chi connectivity index (χ0v) is 42.9. The van der Waals surface area contributed by atoms with Crippen LogP contribution in [0.15, 0.2) is 120 Å². The van der Waals surface area contributed by atoms with Gasteiger partial charge < -0.3 is 53.1 Å². The molecule has 11 heterocycles. The molecule has 2 aliphatic carbocycles. The van der Waals surface area contributed by atoms with Crippen LogP contribution in [-0.4, -0.2) is 145 Å². The molecule has 4 unspecified atom stereocenters. The maximum atomic E-state index is 13.6. The standard InChI is InChI=1S/C60H60N6O6.2ClH/c67-53-37-11-1-2-12-38(37)54(68)61(53)23-9-25-65-27-21-59-43-15-5-7-17-45(43)63-51(59)49-41(31-47(59)65)35(33-65)19-29-71-57(49)64-46-18-8-6-16-44(46)60-22-28-66(26-10-24-62-55(69)39-13-3-4-14-40(39)56(62)70)34-36-20-30-72-58(63)50(52(60)64)42(36)32-48(60)66;;/h1-8,11-20,41-42,47-52,57-58H,9-10,21-34H2;2*1H/q+2;;/p-2/t41-,42-,47-,48-,49+,50+,51-,52-,57+,58+,59?,60?,65?,66?;;/m0../s1. The minimum atomic E-state index is -0.157. The van der Waals surface area contributed by atoms with E-state index in [1.165, 1.54) is 32.3 Å². The average molecular weight is 1030 g/mol. The van der Waals surface area contributed by atoms with Crippen molar-refractivity contribution in [3.63, 3.8) is 0 Å². The Hall–Kier alpha value is -5.34. The highest BCUT2D eigenvalue weighted by Crippen LogP contribution is 2.72. The number of fused-ring (bicyclic) bond motifs is 8. The third-order valence-corrected chi connectivity index (χ3v) is 22.2. The highest BCUT2D eigenvalue weighted by molar-refractivity contribution is 6.22. The van der Waals surface area contributed by atoms with E-state index in [0.29, 0.717) is 72.5 Å². The molecule has 12 nitrogen and oxygen atoms in total. The number of ether oxygens (including phenoxy) is 2. The van der Waals surface area contributed by atoms with Gasteiger partial charge in [-0.15, -0.1) is 0 Å². The van der Waals surface area contributed by atoms with E-state index in [1.807, 2.05) is 24.3 Å². The zero-order chi connectivity index (χ0) is 47.6. The number of hydrogen-bond acceptors (Lipinski definition) is 8. The summed E-state index contributed by atoms with van der Waals surface area (Å²) in [5.74, 6) is 0.471. The second-order valence-corrected chi connectivity index (χ2v) is 24.2. The largest absolute Gasteiger partial charge is 1.00 e. The van der Waals surface area contributed by atoms with E-state index in [0.717, 1.165) is 86.8 Å². The number of carbonyl (C=O) groups is 4. The number of carbonyl (C=O) groups excluding carboxylic acids is 4. The monoisotopic (exact) mass is 1030 g/mol. The summed E-state index contributed by atoms with van der Waals surface area (Å²) in [7, 11) is 0. The van der Waals surface area contributed by atoms with Gasteiger partial charge in [0.1, 0.15) is 37.6 Å². The van der Waals surface area contributed by atoms with Crippen LogP contribution in [-0.2, 0) is 20.3 Å². The van der Waals surface area contributed by atoms with Gasteiger partial charge in [0.05, 0.1) is 84.6 Å². The van der Waals surface area contributed by atoms with Crippen LogP contribution in [0.25, 0.3) is 0 Å². The van der Waals surface area contributed by atoms with E-state index in [1.54, 1.807) is 35.4 Å². The maximum Gasteiger partial charge on any atom is 0.261 e. The Bertz CT molecular complexity index is 2960. The molecule has 4 amide bonds. The van der Waals surface area contributed by atoms with Gasteiger partial charge in [0.15, 0.2) is 0 Å². The summed E-state index contributed by atoms with van der Waals surface area (Å²) in [5, 5.41) is 0. The first-order chi connectivity index (χ1) is 35.3. The molecule has 4 aromatic carbocycles. The minimum Gasteiger partial charge on any atom is -1.00 e. The number of amides is 4. The fourth-order valence-electron chi connectivity index (χ4n) is 20.0. The zero-order valence-electron chi connectivity index (χ0n) is 41.4. The summed E-state index contributed by atoms with van der Waals surface area (Å²) >= 11 is 0. The van der Waals surface area contributed by atoms with E-state index < -0.39 is 0 Å². The van der Waals surface area contributed by atoms with E-state index in [-0.39, 0.29) is 95.6 Å². The number of hydrogen-bond donors (Lipinski definition) is 0. The highest BCUT2D eigenvalue weighted by Gasteiger charge is 2.81. The molecule has 13 aliphatic rings. The second kappa shape index (κ2) is 15.6. The predicted octanol–water partition coefficient (Wildman–Crippen LogP) is 0.677. The summed E-state index contributed by atoms with van der Waals surface area (Å²) < 4.78 is 17.3. The highest BCUT2D eigenvalue weighted by atomic mass is 35.5. The number of nitrogens with zero attached hydrogens (tertiary/aromatic N) is 6. The molecule has 14 heteroatoms. The van der Waals surface area contributed by atoms with Crippen molar-refractivity contribution >= 4 is 35.0 Å². The van der Waals surface area contributed by atoms with Crippen LogP contribution in [0.1, 0.15) is 91.1 Å². The molecule has 2 spiro atoms. The van der Waals surface area contributed by atoms with Gasteiger partial charge in [-0.3, -0.25) is 29.0 Å². The van der Waals surface area contributed by atoms with E-state index in [2.05, 4.69) is 70.5 Å². The quantitative estimate of drug-likeness (QED) is 0.145. The number of piperidine rings is 2. The van der Waals surface area contributed by atoms with Crippen molar-refractivity contribution in [2.75, 3.05) is 75.4 Å². The Morgan fingerprint density at radius 3 is 1.30 bits per heavy atom. The third kappa shape index (κ3) is 5.31. The van der Waals surface area contributed by atoms with Crippen LogP contribution >= 0.6 is 0 Å². The van der Waals surface area contributed by atoms with Gasteiger partial charge in [-0.2, -0.15) is 0 Å². The fraction of sp³-hybridized carbons (Fsp3) is 0.467. The molecule has 7 fully saturated rings. The Kier molecular flexibility index (Phi) is 9.72. The van der Waals surface area contributed by atoms with Gasteiger partial charge in [0.2, 0.25) is 0 Å². The molecule has 0 radical (unpaired) electrons. The molecule has 2 saturated carbocycles. The van der Waals surface area contributed by atoms with Gasteiger partial charge in [0, 0.05) is 86.7 Å². The molecule has 11 aliphatic heterocycles. The van der Waals surface area contributed by atoms with Crippen molar-refractivity contribution < 1.29 is 62.4 Å². The molecule has 380 valence electrons. The van der Waals surface area contributed by atoms with Crippen LogP contribution in [0.3, 0.4) is 0 Å². The van der Waals surface area contributed by atoms with Crippen LogP contribution in [0.4, 0.5) is 11.4 Å². The molecule has 14 atom stereocenters. The van der Waals surface area contributed by atoms with Gasteiger partial charge in [0.25, 0.3) is 23.6 Å². The van der Waals surface area contributed by atoms with Crippen molar-refractivity contribution in [2.45, 2.75) is 86.0 Å². The number of benzene rings is 4. The average Bonchev–Trinajstić information content (AvgIpc) is 4.25. The third-order valence-electron chi connectivity index (χ3n) is 22.2. The van der Waals surface area contributed by atoms with E-state index in [4.69, 9.17) is 9.47 Å². The van der Waals surface area contributed by atoms with Gasteiger partial charge >= 0.3 is 0 Å². The molecular formula is C60H60Cl2N6O6. The summed E-state index contributed by atoms with van der Waals surface area (Å²) in [6.07, 6.45) is 10.6. The van der Waals surface area contributed by atoms with Gasteiger partial charge in [-0.05, 0) is 58.7 Å². The van der Waals surface area contributed by atoms with E-state index >= 15 is 0 Å². The van der Waals surface area contributed by atoms with Crippen molar-refractivity contribution in [1.29, 1.82) is 0 Å². The van der Waals surface area contributed by atoms with Crippen LogP contribution in [0, 0.1) is 23.7 Å². The lowest BCUT2D eigenvalue weighted by molar-refractivity contribution is -0.943. The topological polar surface area (TPSA) is 99.7 Å². The number of halogens is 2. The number of imide groups is 2. The van der Waals surface area contributed by atoms with Crippen molar-refractivity contribution in [3.05, 3.63) is 154 Å². The normalized spacial score (nSPS) is 38.9. The number of quaternary nitrogens is 2. The lowest BCUT2D eigenvalue weighted by atomic mass is 9.52. The van der Waals surface area contributed by atoms with Crippen LogP contribution in [0.2, 0.25) is 0 Å². The summed E-state index contributed by atoms with van der Waals surface area (Å²) in [6, 6.07) is 34.6. The fourth-order valence-corrected chi connectivity index (χ4v) is 20.0. The Morgan fingerprint density at radius 1 is 0.514 bits per heavy atom. The first kappa shape index (κ1) is 46.0. The predicted molar refractivity (Wildman–Crippen MR) is 267 cm³/mol. The molecule has 4 aromatic rings. The lowest BCUT2D eigenvalue weighted by Gasteiger charge is -2.65. The van der Waals surface area contributed by atoms with Gasteiger partial charge in [-0.25, -0.2) is 0 Å². The molecule has 5 saturated heterocycles. The maximum absolute atomic E-state index is 13.6. The lowest BCUT2D eigenvalue weighted by Crippen LogP contribution is -3.00. The second-order valence-electron chi connectivity index (χ2n) is 24.2.